The molecule has 0 spiro atoms. The summed E-state index contributed by atoms with van der Waals surface area (Å²) in [6, 6.07) is 19.2. The van der Waals surface area contributed by atoms with Gasteiger partial charge in [0.1, 0.15) is 11.5 Å². The zero-order valence-corrected chi connectivity index (χ0v) is 20.0. The Bertz CT molecular complexity index is 1600. The van der Waals surface area contributed by atoms with Gasteiger partial charge >= 0.3 is 0 Å². The molecule has 5 rings (SSSR count). The van der Waals surface area contributed by atoms with E-state index in [-0.39, 0.29) is 28.3 Å². The van der Waals surface area contributed by atoms with Crippen molar-refractivity contribution in [2.24, 2.45) is 0 Å². The molecule has 38 heavy (non-hydrogen) atoms. The van der Waals surface area contributed by atoms with Crippen molar-refractivity contribution in [3.8, 4) is 23.1 Å². The fraction of sp³-hybridized carbons (Fsp3) is 0.148. The monoisotopic (exact) mass is 513 g/mol. The van der Waals surface area contributed by atoms with E-state index in [2.05, 4.69) is 25.9 Å². The van der Waals surface area contributed by atoms with Gasteiger partial charge in [-0.2, -0.15) is 5.21 Å². The van der Waals surface area contributed by atoms with Crippen molar-refractivity contribution in [1.29, 1.82) is 0 Å². The molecule has 5 aromatic rings. The minimum atomic E-state index is -0.646. The molecule has 0 fully saturated rings. The predicted octanol–water partition coefficient (Wildman–Crippen LogP) is 3.82. The number of tetrazole rings is 1. The number of carbonyl (C=O) groups excluding carboxylic acids is 1. The topological polar surface area (TPSA) is 163 Å². The minimum absolute atomic E-state index is 0.120. The molecule has 0 aliphatic carbocycles. The molecule has 192 valence electrons. The minimum Gasteiger partial charge on any atom is -0.508 e. The van der Waals surface area contributed by atoms with Crippen LogP contribution in [0.5, 0.6) is 11.5 Å². The van der Waals surface area contributed by atoms with E-state index in [9.17, 15) is 19.8 Å². The second-order valence-electron chi connectivity index (χ2n) is 8.47. The Hall–Kier alpha value is -5.03. The van der Waals surface area contributed by atoms with E-state index in [0.717, 1.165) is 5.56 Å². The summed E-state index contributed by atoms with van der Waals surface area (Å²) in [5.41, 5.74) is 1.33. The number of rotatable bonds is 9. The van der Waals surface area contributed by atoms with Gasteiger partial charge in [0, 0.05) is 11.6 Å². The van der Waals surface area contributed by atoms with E-state index >= 15 is 0 Å². The molecule has 1 amide bonds. The lowest BCUT2D eigenvalue weighted by molar-refractivity contribution is 0.102. The van der Waals surface area contributed by atoms with Crippen LogP contribution in [0.2, 0.25) is 0 Å². The number of aromatic nitrogens is 4. The molecule has 0 aliphatic heterocycles. The molecule has 3 aromatic carbocycles. The lowest BCUT2D eigenvalue weighted by Crippen LogP contribution is -2.13. The van der Waals surface area contributed by atoms with Crippen LogP contribution in [0.4, 0.5) is 5.69 Å². The van der Waals surface area contributed by atoms with Crippen LogP contribution < -0.4 is 15.5 Å². The third-order valence-electron chi connectivity index (χ3n) is 5.85. The quantitative estimate of drug-likeness (QED) is 0.215. The van der Waals surface area contributed by atoms with E-state index in [1.54, 1.807) is 54.6 Å². The van der Waals surface area contributed by atoms with Crippen molar-refractivity contribution in [1.82, 2.24) is 20.6 Å². The highest BCUT2D eigenvalue weighted by atomic mass is 16.5. The summed E-state index contributed by atoms with van der Waals surface area (Å²) < 4.78 is 11.6. The largest absolute Gasteiger partial charge is 0.508 e. The molecule has 0 radical (unpaired) electrons. The smallest absolute Gasteiger partial charge is 0.255 e. The number of hydrogen-bond donors (Lipinski definition) is 4. The first kappa shape index (κ1) is 24.7. The van der Waals surface area contributed by atoms with Crippen LogP contribution in [-0.4, -0.2) is 43.4 Å². The Labute approximate surface area is 215 Å². The molecule has 11 nitrogen and oxygen atoms in total. The van der Waals surface area contributed by atoms with Gasteiger partial charge in [-0.15, -0.1) is 10.2 Å². The van der Waals surface area contributed by atoms with Crippen molar-refractivity contribution in [2.45, 2.75) is 18.9 Å². The van der Waals surface area contributed by atoms with Crippen molar-refractivity contribution < 1.29 is 24.2 Å². The van der Waals surface area contributed by atoms with Crippen molar-refractivity contribution in [3.63, 3.8) is 0 Å². The maximum atomic E-state index is 12.9. The Balaban J connectivity index is 1.20. The Kier molecular flexibility index (Phi) is 7.09. The summed E-state index contributed by atoms with van der Waals surface area (Å²) >= 11 is 0. The van der Waals surface area contributed by atoms with Crippen LogP contribution in [0.15, 0.2) is 82.0 Å². The zero-order chi connectivity index (χ0) is 26.5. The summed E-state index contributed by atoms with van der Waals surface area (Å²) in [4.78, 5) is 25.5. The molecule has 1 atom stereocenters. The number of nitrogens with zero attached hydrogens (tertiary/aromatic N) is 3. The summed E-state index contributed by atoms with van der Waals surface area (Å²) in [5, 5.41) is 36.1. The number of phenols is 1. The van der Waals surface area contributed by atoms with Gasteiger partial charge in [-0.05, 0) is 72.1 Å². The number of H-pyrrole nitrogens is 1. The fourth-order valence-corrected chi connectivity index (χ4v) is 3.88. The molecule has 0 aliphatic rings. The first-order valence-corrected chi connectivity index (χ1v) is 11.8. The highest BCUT2D eigenvalue weighted by Crippen LogP contribution is 2.26. The summed E-state index contributed by atoms with van der Waals surface area (Å²) in [5.74, 6) is 0.584. The van der Waals surface area contributed by atoms with Crippen LogP contribution in [0.3, 0.4) is 0 Å². The molecular formula is C27H23N5O6. The van der Waals surface area contributed by atoms with E-state index in [0.29, 0.717) is 41.8 Å². The molecule has 11 heteroatoms. The average molecular weight is 514 g/mol. The molecule has 2 heterocycles. The molecule has 0 bridgehead atoms. The molecule has 1 unspecified atom stereocenters. The zero-order valence-electron chi connectivity index (χ0n) is 20.0. The first-order valence-electron chi connectivity index (χ1n) is 11.8. The number of aromatic amines is 1. The number of carbonyl (C=O) groups is 1. The lowest BCUT2D eigenvalue weighted by Gasteiger charge is -2.12. The second kappa shape index (κ2) is 10.9. The fourth-order valence-electron chi connectivity index (χ4n) is 3.88. The van der Waals surface area contributed by atoms with Crippen LogP contribution in [-0.2, 0) is 0 Å². The van der Waals surface area contributed by atoms with Crippen LogP contribution in [0, 0.1) is 0 Å². The van der Waals surface area contributed by atoms with Gasteiger partial charge < -0.3 is 24.7 Å². The van der Waals surface area contributed by atoms with Crippen molar-refractivity contribution in [3.05, 3.63) is 94.1 Å². The summed E-state index contributed by atoms with van der Waals surface area (Å²) in [7, 11) is 0. The third kappa shape index (κ3) is 5.52. The average Bonchev–Trinajstić information content (AvgIpc) is 3.47. The number of aromatic hydroxyl groups is 1. The van der Waals surface area contributed by atoms with Gasteiger partial charge in [0.15, 0.2) is 16.8 Å². The molecule has 0 saturated carbocycles. The van der Waals surface area contributed by atoms with Crippen LogP contribution >= 0.6 is 0 Å². The second-order valence-corrected chi connectivity index (χ2v) is 8.47. The summed E-state index contributed by atoms with van der Waals surface area (Å²) in [6.07, 6.45) is 0.468. The Morgan fingerprint density at radius 1 is 1.08 bits per heavy atom. The van der Waals surface area contributed by atoms with Crippen LogP contribution in [0.25, 0.3) is 22.6 Å². The number of nitrogens with one attached hydrogen (secondary N) is 2. The number of aliphatic hydroxyl groups excluding tert-OH is 1. The maximum Gasteiger partial charge on any atom is 0.255 e. The highest BCUT2D eigenvalue weighted by molar-refractivity contribution is 6.08. The molecule has 2 aromatic heterocycles. The Morgan fingerprint density at radius 3 is 2.61 bits per heavy atom. The number of anilines is 1. The number of aliphatic hydroxyl groups is 1. The van der Waals surface area contributed by atoms with E-state index in [4.69, 9.17) is 9.15 Å². The molecule has 4 N–H and O–H groups in total. The predicted molar refractivity (Wildman–Crippen MR) is 138 cm³/mol. The van der Waals surface area contributed by atoms with Crippen molar-refractivity contribution >= 4 is 22.6 Å². The van der Waals surface area contributed by atoms with Gasteiger partial charge in [0.05, 0.1) is 23.8 Å². The van der Waals surface area contributed by atoms with Gasteiger partial charge in [0.2, 0.25) is 5.82 Å². The SMILES string of the molecule is O=C(Nc1cccc2c(=O)cc(-c3nn[nH]n3)oc12)c1ccc(OCCCC(O)c2ccc(O)cc2)cc1. The Morgan fingerprint density at radius 2 is 1.87 bits per heavy atom. The van der Waals surface area contributed by atoms with E-state index in [1.807, 2.05) is 0 Å². The van der Waals surface area contributed by atoms with Crippen molar-refractivity contribution in [2.75, 3.05) is 11.9 Å². The van der Waals surface area contributed by atoms with Crippen LogP contribution in [0.1, 0.15) is 34.9 Å². The van der Waals surface area contributed by atoms with Gasteiger partial charge in [0.25, 0.3) is 5.91 Å². The van der Waals surface area contributed by atoms with E-state index in [1.165, 1.54) is 18.2 Å². The summed E-state index contributed by atoms with van der Waals surface area (Å²) in [6.45, 7) is 0.387. The molecular weight excluding hydrogens is 490 g/mol. The number of fused-ring (bicyclic) bond motifs is 1. The number of benzene rings is 3. The van der Waals surface area contributed by atoms with E-state index < -0.39 is 12.0 Å². The number of phenolic OH excluding ortho intramolecular Hbond substituents is 1. The lowest BCUT2D eigenvalue weighted by atomic mass is 10.1. The number of ether oxygens (including phenoxy) is 1. The number of hydrogen-bond acceptors (Lipinski definition) is 9. The normalized spacial score (nSPS) is 11.8. The first-order chi connectivity index (χ1) is 18.5. The number of amides is 1. The van der Waals surface area contributed by atoms with Gasteiger partial charge in [-0.25, -0.2) is 0 Å². The van der Waals surface area contributed by atoms with Gasteiger partial charge in [-0.1, -0.05) is 18.2 Å². The molecule has 0 saturated heterocycles. The highest BCUT2D eigenvalue weighted by Gasteiger charge is 2.15. The standard InChI is InChI=1S/C27H23N5O6/c33-18-10-6-16(7-11-18)22(34)5-2-14-37-19-12-8-17(9-13-19)27(36)28-21-4-1-3-20-23(35)15-24(38-25(20)21)26-29-31-32-30-26/h1,3-4,6-13,15,22,33-34H,2,5,14H2,(H,28,36)(H,29,30,31,32). The maximum absolute atomic E-state index is 12.9. The number of para-hydroxylation sites is 1. The third-order valence-corrected chi connectivity index (χ3v) is 5.85. The van der Waals surface area contributed by atoms with Gasteiger partial charge in [-0.3, -0.25) is 9.59 Å².